The maximum atomic E-state index is 4.80. The molecular weight excluding hydrogens is 312 g/mol. The Morgan fingerprint density at radius 1 is 0.800 bits per heavy atom. The van der Waals surface area contributed by atoms with Gasteiger partial charge >= 0.3 is 0 Å². The van der Waals surface area contributed by atoms with E-state index in [-0.39, 0.29) is 0 Å². The summed E-state index contributed by atoms with van der Waals surface area (Å²) < 4.78 is 1.07. The molecule has 0 aliphatic carbocycles. The van der Waals surface area contributed by atoms with Crippen LogP contribution in [-0.4, -0.2) is 9.97 Å². The Kier molecular flexibility index (Phi) is 3.61. The number of nitrogens with zero attached hydrogens (tertiary/aromatic N) is 2. The van der Waals surface area contributed by atoms with Crippen LogP contribution >= 0.6 is 15.9 Å². The molecule has 0 spiro atoms. The van der Waals surface area contributed by atoms with Crippen LogP contribution in [0.15, 0.2) is 65.4 Å². The zero-order chi connectivity index (χ0) is 13.9. The van der Waals surface area contributed by atoms with Gasteiger partial charge in [0.2, 0.25) is 0 Å². The van der Waals surface area contributed by atoms with Crippen molar-refractivity contribution in [2.45, 2.75) is 6.92 Å². The van der Waals surface area contributed by atoms with E-state index in [0.717, 1.165) is 27.0 Å². The summed E-state index contributed by atoms with van der Waals surface area (Å²) in [5.41, 5.74) is 5.37. The third kappa shape index (κ3) is 2.63. The molecule has 2 heterocycles. The van der Waals surface area contributed by atoms with Crippen molar-refractivity contribution >= 4 is 15.9 Å². The molecule has 0 saturated heterocycles. The number of hydrogen-bond acceptors (Lipinski definition) is 2. The summed E-state index contributed by atoms with van der Waals surface area (Å²) in [6.07, 6.45) is 3.58. The standard InChI is InChI=1S/C17H13BrN2/c1-12-2-7-16(13-8-10-19-11-9-13)20-17(12)14-3-5-15(18)6-4-14/h2-11H,1H3. The van der Waals surface area contributed by atoms with E-state index >= 15 is 0 Å². The molecule has 0 unspecified atom stereocenters. The first-order valence-electron chi connectivity index (χ1n) is 6.38. The summed E-state index contributed by atoms with van der Waals surface area (Å²) in [4.78, 5) is 8.85. The fourth-order valence-corrected chi connectivity index (χ4v) is 2.38. The van der Waals surface area contributed by atoms with E-state index in [0.29, 0.717) is 0 Å². The number of benzene rings is 1. The van der Waals surface area contributed by atoms with Crippen LogP contribution in [0.2, 0.25) is 0 Å². The van der Waals surface area contributed by atoms with Crippen molar-refractivity contribution < 1.29 is 0 Å². The molecule has 0 fully saturated rings. The molecule has 0 bridgehead atoms. The van der Waals surface area contributed by atoms with Gasteiger partial charge in [0.1, 0.15) is 0 Å². The summed E-state index contributed by atoms with van der Waals surface area (Å²) >= 11 is 3.46. The van der Waals surface area contributed by atoms with Crippen molar-refractivity contribution in [2.24, 2.45) is 0 Å². The van der Waals surface area contributed by atoms with Crippen molar-refractivity contribution in [1.82, 2.24) is 9.97 Å². The van der Waals surface area contributed by atoms with E-state index in [2.05, 4.69) is 46.0 Å². The normalized spacial score (nSPS) is 10.5. The van der Waals surface area contributed by atoms with E-state index in [9.17, 15) is 0 Å². The lowest BCUT2D eigenvalue weighted by atomic mass is 10.0. The summed E-state index contributed by atoms with van der Waals surface area (Å²) in [7, 11) is 0. The molecule has 2 nitrogen and oxygen atoms in total. The van der Waals surface area contributed by atoms with Gasteiger partial charge in [0.15, 0.2) is 0 Å². The quantitative estimate of drug-likeness (QED) is 0.671. The Hall–Kier alpha value is -2.00. The molecule has 0 aliphatic heterocycles. The lowest BCUT2D eigenvalue weighted by Gasteiger charge is -2.08. The van der Waals surface area contributed by atoms with Gasteiger partial charge in [0, 0.05) is 28.0 Å². The van der Waals surface area contributed by atoms with Crippen molar-refractivity contribution in [3.8, 4) is 22.5 Å². The van der Waals surface area contributed by atoms with Gasteiger partial charge in [-0.05, 0) is 42.8 Å². The predicted octanol–water partition coefficient (Wildman–Crippen LogP) is 4.88. The molecule has 98 valence electrons. The molecule has 1 aromatic carbocycles. The van der Waals surface area contributed by atoms with Crippen molar-refractivity contribution in [3.63, 3.8) is 0 Å². The molecular formula is C17H13BrN2. The molecule has 20 heavy (non-hydrogen) atoms. The van der Waals surface area contributed by atoms with Gasteiger partial charge in [-0.2, -0.15) is 0 Å². The minimum atomic E-state index is 0.968. The predicted molar refractivity (Wildman–Crippen MR) is 85.3 cm³/mol. The molecule has 3 rings (SSSR count). The van der Waals surface area contributed by atoms with Crippen molar-refractivity contribution in [1.29, 1.82) is 0 Å². The first-order chi connectivity index (χ1) is 9.74. The average molecular weight is 325 g/mol. The minimum Gasteiger partial charge on any atom is -0.265 e. The number of hydrogen-bond donors (Lipinski definition) is 0. The van der Waals surface area contributed by atoms with E-state index in [4.69, 9.17) is 4.98 Å². The largest absolute Gasteiger partial charge is 0.265 e. The van der Waals surface area contributed by atoms with Crippen LogP contribution in [0.4, 0.5) is 0 Å². The second kappa shape index (κ2) is 5.55. The third-order valence-electron chi connectivity index (χ3n) is 3.19. The first kappa shape index (κ1) is 13.0. The number of aryl methyl sites for hydroxylation is 1. The Labute approximate surface area is 126 Å². The van der Waals surface area contributed by atoms with E-state index in [1.165, 1.54) is 5.56 Å². The van der Waals surface area contributed by atoms with Crippen LogP contribution in [0, 0.1) is 6.92 Å². The SMILES string of the molecule is Cc1ccc(-c2ccncc2)nc1-c1ccc(Br)cc1. The Bertz CT molecular complexity index is 722. The van der Waals surface area contributed by atoms with Crippen LogP contribution in [0.1, 0.15) is 5.56 Å². The zero-order valence-corrected chi connectivity index (χ0v) is 12.6. The van der Waals surface area contributed by atoms with Gasteiger partial charge < -0.3 is 0 Å². The molecule has 0 radical (unpaired) electrons. The number of halogens is 1. The zero-order valence-electron chi connectivity index (χ0n) is 11.0. The van der Waals surface area contributed by atoms with E-state index in [1.807, 2.05) is 30.3 Å². The summed E-state index contributed by atoms with van der Waals surface area (Å²) in [5.74, 6) is 0. The molecule has 0 saturated carbocycles. The van der Waals surface area contributed by atoms with E-state index in [1.54, 1.807) is 12.4 Å². The highest BCUT2D eigenvalue weighted by Gasteiger charge is 2.06. The average Bonchev–Trinajstić information content (AvgIpc) is 2.50. The monoisotopic (exact) mass is 324 g/mol. The van der Waals surface area contributed by atoms with E-state index < -0.39 is 0 Å². The summed E-state index contributed by atoms with van der Waals surface area (Å²) in [6, 6.07) is 16.3. The first-order valence-corrected chi connectivity index (χ1v) is 7.17. The van der Waals surface area contributed by atoms with Gasteiger partial charge in [0.25, 0.3) is 0 Å². The van der Waals surface area contributed by atoms with Gasteiger partial charge in [-0.25, -0.2) is 4.98 Å². The second-order valence-corrected chi connectivity index (χ2v) is 5.52. The van der Waals surface area contributed by atoms with Gasteiger partial charge in [0.05, 0.1) is 11.4 Å². The summed E-state index contributed by atoms with van der Waals surface area (Å²) in [6.45, 7) is 2.08. The van der Waals surface area contributed by atoms with Crippen LogP contribution in [-0.2, 0) is 0 Å². The smallest absolute Gasteiger partial charge is 0.0738 e. The second-order valence-electron chi connectivity index (χ2n) is 4.60. The fourth-order valence-electron chi connectivity index (χ4n) is 2.11. The van der Waals surface area contributed by atoms with Gasteiger partial charge in [-0.15, -0.1) is 0 Å². The maximum Gasteiger partial charge on any atom is 0.0738 e. The molecule has 0 N–H and O–H groups in total. The Balaban J connectivity index is 2.10. The number of aromatic nitrogens is 2. The summed E-state index contributed by atoms with van der Waals surface area (Å²) in [5, 5.41) is 0. The van der Waals surface area contributed by atoms with Crippen LogP contribution in [0.25, 0.3) is 22.5 Å². The molecule has 3 aromatic rings. The maximum absolute atomic E-state index is 4.80. The third-order valence-corrected chi connectivity index (χ3v) is 3.72. The highest BCUT2D eigenvalue weighted by atomic mass is 79.9. The number of pyridine rings is 2. The Morgan fingerprint density at radius 2 is 1.50 bits per heavy atom. The van der Waals surface area contributed by atoms with Crippen LogP contribution in [0.5, 0.6) is 0 Å². The lowest BCUT2D eigenvalue weighted by Crippen LogP contribution is -1.91. The number of rotatable bonds is 2. The Morgan fingerprint density at radius 3 is 2.20 bits per heavy atom. The van der Waals surface area contributed by atoms with Crippen LogP contribution in [0.3, 0.4) is 0 Å². The minimum absolute atomic E-state index is 0.968. The van der Waals surface area contributed by atoms with Crippen molar-refractivity contribution in [2.75, 3.05) is 0 Å². The van der Waals surface area contributed by atoms with Crippen molar-refractivity contribution in [3.05, 3.63) is 71.0 Å². The highest BCUT2D eigenvalue weighted by Crippen LogP contribution is 2.26. The molecule has 2 aromatic heterocycles. The molecule has 3 heteroatoms. The molecule has 0 atom stereocenters. The van der Waals surface area contributed by atoms with Gasteiger partial charge in [-0.3, -0.25) is 4.98 Å². The topological polar surface area (TPSA) is 25.8 Å². The fraction of sp³-hybridized carbons (Fsp3) is 0.0588. The molecule has 0 aliphatic rings. The molecule has 0 amide bonds. The lowest BCUT2D eigenvalue weighted by molar-refractivity contribution is 1.25. The van der Waals surface area contributed by atoms with Gasteiger partial charge in [-0.1, -0.05) is 34.1 Å². The highest BCUT2D eigenvalue weighted by molar-refractivity contribution is 9.10. The van der Waals surface area contributed by atoms with Crippen LogP contribution < -0.4 is 0 Å².